The fourth-order valence-electron chi connectivity index (χ4n) is 3.02. The van der Waals surface area contributed by atoms with Crippen LogP contribution in [0.4, 0.5) is 0 Å². The van der Waals surface area contributed by atoms with E-state index in [1.807, 2.05) is 18.2 Å². The van der Waals surface area contributed by atoms with Crippen molar-refractivity contribution in [1.82, 2.24) is 19.5 Å². The molecule has 0 N–H and O–H groups in total. The summed E-state index contributed by atoms with van der Waals surface area (Å²) in [6.45, 7) is 0.888. The lowest BCUT2D eigenvalue weighted by molar-refractivity contribution is 0.800. The molecular weight excluding hydrogens is 248 g/mol. The summed E-state index contributed by atoms with van der Waals surface area (Å²) in [4.78, 5) is 13.7. The minimum atomic E-state index is 0.888. The van der Waals surface area contributed by atoms with Gasteiger partial charge in [-0.25, -0.2) is 15.0 Å². The molecule has 1 aromatic carbocycles. The van der Waals surface area contributed by atoms with Crippen LogP contribution in [0.3, 0.4) is 0 Å². The summed E-state index contributed by atoms with van der Waals surface area (Å²) in [5.41, 5.74) is 3.93. The zero-order chi connectivity index (χ0) is 13.1. The standard InChI is InChI=1S/C16H10N4/c1-2-7-20-8-10-15(13(20)6-1)19-12-5-3-4-11-14(12)16(10)18-9-17-11/h1-6,8-9H,7H2. The molecule has 4 nitrogen and oxygen atoms in total. The van der Waals surface area contributed by atoms with E-state index in [4.69, 9.17) is 4.98 Å². The van der Waals surface area contributed by atoms with Crippen LogP contribution < -0.4 is 5.35 Å². The Morgan fingerprint density at radius 2 is 2.00 bits per heavy atom. The van der Waals surface area contributed by atoms with Gasteiger partial charge in [0.2, 0.25) is 0 Å². The number of aromatic nitrogens is 4. The van der Waals surface area contributed by atoms with Crippen molar-refractivity contribution in [3.05, 3.63) is 48.2 Å². The fourth-order valence-corrected chi connectivity index (χ4v) is 3.02. The lowest BCUT2D eigenvalue weighted by Crippen LogP contribution is -2.17. The third-order valence-corrected chi connectivity index (χ3v) is 3.91. The molecule has 0 saturated heterocycles. The van der Waals surface area contributed by atoms with Gasteiger partial charge in [-0.3, -0.25) is 0 Å². The highest BCUT2D eigenvalue weighted by Crippen LogP contribution is 2.27. The SMILES string of the molecule is C1=CCn2cc3c(nc4cccc5ncnc3c54)c2=C1. The van der Waals surface area contributed by atoms with Gasteiger partial charge in [0, 0.05) is 18.1 Å². The van der Waals surface area contributed by atoms with Crippen molar-refractivity contribution in [1.29, 1.82) is 0 Å². The second-order valence-corrected chi connectivity index (χ2v) is 5.03. The van der Waals surface area contributed by atoms with Gasteiger partial charge in [0.15, 0.2) is 0 Å². The Morgan fingerprint density at radius 3 is 3.00 bits per heavy atom. The van der Waals surface area contributed by atoms with E-state index in [9.17, 15) is 0 Å². The van der Waals surface area contributed by atoms with Crippen LogP contribution in [0.15, 0.2) is 42.9 Å². The molecule has 0 bridgehead atoms. The Morgan fingerprint density at radius 1 is 1.05 bits per heavy atom. The van der Waals surface area contributed by atoms with Crippen LogP contribution in [0.1, 0.15) is 0 Å². The number of rotatable bonds is 0. The van der Waals surface area contributed by atoms with Gasteiger partial charge in [-0.15, -0.1) is 0 Å². The molecule has 20 heavy (non-hydrogen) atoms. The van der Waals surface area contributed by atoms with Gasteiger partial charge in [0.05, 0.1) is 32.8 Å². The predicted molar refractivity (Wildman–Crippen MR) is 79.2 cm³/mol. The molecule has 94 valence electrons. The highest BCUT2D eigenvalue weighted by Gasteiger charge is 2.13. The van der Waals surface area contributed by atoms with E-state index in [1.54, 1.807) is 6.33 Å². The summed E-state index contributed by atoms with van der Waals surface area (Å²) >= 11 is 0. The number of nitrogens with zero attached hydrogens (tertiary/aromatic N) is 4. The van der Waals surface area contributed by atoms with E-state index in [2.05, 4.69) is 39.0 Å². The number of pyridine rings is 1. The second kappa shape index (κ2) is 3.42. The molecule has 0 spiro atoms. The first-order valence-electron chi connectivity index (χ1n) is 6.61. The Bertz CT molecular complexity index is 1070. The number of benzene rings is 1. The van der Waals surface area contributed by atoms with Crippen molar-refractivity contribution in [3.63, 3.8) is 0 Å². The number of hydrogen-bond acceptors (Lipinski definition) is 3. The summed E-state index contributed by atoms with van der Waals surface area (Å²) in [6, 6.07) is 6.03. The molecule has 1 aliphatic rings. The molecule has 4 heteroatoms. The summed E-state index contributed by atoms with van der Waals surface area (Å²) in [6.07, 6.45) is 10.1. The summed E-state index contributed by atoms with van der Waals surface area (Å²) in [7, 11) is 0. The molecule has 0 saturated carbocycles. The smallest absolute Gasteiger partial charge is 0.116 e. The van der Waals surface area contributed by atoms with E-state index < -0.39 is 0 Å². The van der Waals surface area contributed by atoms with Crippen LogP contribution >= 0.6 is 0 Å². The van der Waals surface area contributed by atoms with Gasteiger partial charge >= 0.3 is 0 Å². The molecular formula is C16H10N4. The van der Waals surface area contributed by atoms with Crippen LogP contribution in [0, 0.1) is 0 Å². The first-order chi connectivity index (χ1) is 9.92. The zero-order valence-corrected chi connectivity index (χ0v) is 10.6. The first-order valence-corrected chi connectivity index (χ1v) is 6.61. The molecule has 4 heterocycles. The van der Waals surface area contributed by atoms with Gasteiger partial charge in [-0.05, 0) is 18.2 Å². The van der Waals surface area contributed by atoms with E-state index in [0.717, 1.165) is 44.7 Å². The van der Waals surface area contributed by atoms with Crippen LogP contribution in [0.5, 0.6) is 0 Å². The first kappa shape index (κ1) is 10.1. The number of allylic oxidation sites excluding steroid dienone is 2. The third-order valence-electron chi connectivity index (χ3n) is 3.91. The van der Waals surface area contributed by atoms with Crippen molar-refractivity contribution >= 4 is 38.9 Å². The predicted octanol–water partition coefficient (Wildman–Crippen LogP) is 2.20. The van der Waals surface area contributed by atoms with E-state index in [1.165, 1.54) is 0 Å². The summed E-state index contributed by atoms with van der Waals surface area (Å²) in [5, 5.41) is 3.31. The third kappa shape index (κ3) is 1.13. The van der Waals surface area contributed by atoms with Gasteiger partial charge in [-0.1, -0.05) is 18.2 Å². The lowest BCUT2D eigenvalue weighted by atomic mass is 10.1. The maximum atomic E-state index is 4.83. The average molecular weight is 258 g/mol. The highest BCUT2D eigenvalue weighted by molar-refractivity contribution is 6.15. The largest absolute Gasteiger partial charge is 0.342 e. The zero-order valence-electron chi connectivity index (χ0n) is 10.6. The van der Waals surface area contributed by atoms with E-state index in [0.29, 0.717) is 0 Å². The maximum Gasteiger partial charge on any atom is 0.116 e. The van der Waals surface area contributed by atoms with Crippen molar-refractivity contribution in [3.8, 4) is 0 Å². The Hall–Kier alpha value is -2.75. The van der Waals surface area contributed by atoms with Gasteiger partial charge in [0.1, 0.15) is 6.33 Å². The average Bonchev–Trinajstić information content (AvgIpc) is 2.87. The maximum absolute atomic E-state index is 4.83. The molecule has 0 aliphatic carbocycles. The van der Waals surface area contributed by atoms with E-state index >= 15 is 0 Å². The molecule has 4 aromatic rings. The van der Waals surface area contributed by atoms with Crippen molar-refractivity contribution < 1.29 is 0 Å². The van der Waals surface area contributed by atoms with Crippen molar-refractivity contribution in [2.75, 3.05) is 0 Å². The van der Waals surface area contributed by atoms with Crippen LogP contribution in [-0.4, -0.2) is 19.5 Å². The monoisotopic (exact) mass is 258 g/mol. The molecule has 0 radical (unpaired) electrons. The van der Waals surface area contributed by atoms with Gasteiger partial charge in [-0.2, -0.15) is 0 Å². The molecule has 5 rings (SSSR count). The molecule has 1 aliphatic heterocycles. The van der Waals surface area contributed by atoms with Crippen LogP contribution in [-0.2, 0) is 6.54 Å². The molecule has 3 aromatic heterocycles. The molecule has 0 unspecified atom stereocenters. The summed E-state index contributed by atoms with van der Waals surface area (Å²) < 4.78 is 2.22. The van der Waals surface area contributed by atoms with E-state index in [-0.39, 0.29) is 0 Å². The molecule has 0 amide bonds. The number of hydrogen-bond donors (Lipinski definition) is 0. The molecule has 0 atom stereocenters. The normalized spacial score (nSPS) is 14.0. The fraction of sp³-hybridized carbons (Fsp3) is 0.0625. The minimum absolute atomic E-state index is 0.888. The Balaban J connectivity index is 2.15. The van der Waals surface area contributed by atoms with Crippen LogP contribution in [0.25, 0.3) is 38.9 Å². The van der Waals surface area contributed by atoms with Gasteiger partial charge in [0.25, 0.3) is 0 Å². The lowest BCUT2D eigenvalue weighted by Gasteiger charge is -2.04. The quantitative estimate of drug-likeness (QED) is 0.485. The minimum Gasteiger partial charge on any atom is -0.342 e. The highest BCUT2D eigenvalue weighted by atomic mass is 15.0. The summed E-state index contributed by atoms with van der Waals surface area (Å²) in [5.74, 6) is 0. The van der Waals surface area contributed by atoms with Crippen molar-refractivity contribution in [2.24, 2.45) is 0 Å². The Kier molecular flexibility index (Phi) is 1.72. The second-order valence-electron chi connectivity index (χ2n) is 5.03. The van der Waals surface area contributed by atoms with Crippen molar-refractivity contribution in [2.45, 2.75) is 6.54 Å². The topological polar surface area (TPSA) is 43.6 Å². The number of fused-ring (bicyclic) bond motifs is 4. The Labute approximate surface area is 114 Å². The van der Waals surface area contributed by atoms with Gasteiger partial charge < -0.3 is 4.57 Å². The van der Waals surface area contributed by atoms with Crippen LogP contribution in [0.2, 0.25) is 0 Å². The molecule has 0 fully saturated rings.